The largest absolute Gasteiger partial charge is 0.507 e. The van der Waals surface area contributed by atoms with Gasteiger partial charge in [0.1, 0.15) is 11.5 Å². The van der Waals surface area contributed by atoms with Crippen molar-refractivity contribution >= 4 is 0 Å². The topological polar surface area (TPSA) is 40.5 Å². The molecule has 0 radical (unpaired) electrons. The molecular weight excluding hydrogens is 464 g/mol. The molecule has 2 aromatic carbocycles. The summed E-state index contributed by atoms with van der Waals surface area (Å²) in [5, 5.41) is 23.3. The normalized spacial score (nSPS) is 16.3. The van der Waals surface area contributed by atoms with Crippen molar-refractivity contribution in [3.8, 4) is 22.6 Å². The Morgan fingerprint density at radius 1 is 0.581 bits per heavy atom. The number of aromatic hydroxyl groups is 2. The Morgan fingerprint density at radius 3 is 1.23 bits per heavy atom. The number of phenolic OH excluding ortho intramolecular Hbond substituents is 2. The fourth-order valence-corrected chi connectivity index (χ4v) is 5.47. The number of hydrogen-bond acceptors (Lipinski definition) is 2. The Labute approximate surface area is 202 Å². The molecule has 0 saturated carbocycles. The summed E-state index contributed by atoms with van der Waals surface area (Å²) in [5.74, 6) is 0.773. The van der Waals surface area contributed by atoms with Crippen LogP contribution in [-0.2, 0) is 57.6 Å². The van der Waals surface area contributed by atoms with Crippen LogP contribution in [0.25, 0.3) is 11.1 Å². The van der Waals surface area contributed by atoms with Crippen LogP contribution in [0.1, 0.15) is 101 Å². The van der Waals surface area contributed by atoms with Gasteiger partial charge >= 0.3 is 0 Å². The minimum atomic E-state index is -0.150. The van der Waals surface area contributed by atoms with Gasteiger partial charge in [0.2, 0.25) is 0 Å². The molecule has 0 heterocycles. The summed E-state index contributed by atoms with van der Waals surface area (Å²) < 4.78 is 0. The maximum atomic E-state index is 11.6. The Kier molecular flexibility index (Phi) is 6.75. The van der Waals surface area contributed by atoms with Gasteiger partial charge in [0.05, 0.1) is 0 Å². The summed E-state index contributed by atoms with van der Waals surface area (Å²) in [5.41, 5.74) is 8.82. The predicted octanol–water partition coefficient (Wildman–Crippen LogP) is 7.11. The van der Waals surface area contributed by atoms with Crippen molar-refractivity contribution in [1.29, 1.82) is 0 Å². The van der Waals surface area contributed by atoms with Crippen molar-refractivity contribution in [2.24, 2.45) is 0 Å². The van der Waals surface area contributed by atoms with Crippen molar-refractivity contribution in [3.05, 3.63) is 45.5 Å². The fraction of sp³-hybridized carbons (Fsp3) is 0.571. The second-order valence-corrected chi connectivity index (χ2v) is 11.5. The van der Waals surface area contributed by atoms with Crippen LogP contribution in [0.2, 0.25) is 0 Å². The molecule has 0 saturated heterocycles. The molecule has 2 nitrogen and oxygen atoms in total. The van der Waals surface area contributed by atoms with Gasteiger partial charge < -0.3 is 10.2 Å². The van der Waals surface area contributed by atoms with E-state index in [0.717, 1.165) is 60.8 Å². The maximum Gasteiger partial charge on any atom is 0.127 e. The first-order valence-corrected chi connectivity index (χ1v) is 11.8. The zero-order valence-electron chi connectivity index (χ0n) is 20.1. The zero-order valence-corrected chi connectivity index (χ0v) is 22.1. The van der Waals surface area contributed by atoms with Crippen molar-refractivity contribution in [2.75, 3.05) is 0 Å². The summed E-state index contributed by atoms with van der Waals surface area (Å²) in [6, 6.07) is 4.48. The summed E-state index contributed by atoms with van der Waals surface area (Å²) >= 11 is 0. The molecule has 0 atom stereocenters. The average molecular weight is 503 g/mol. The standard InChI is InChI=1S/C28H38O2.Mo/c1-27(2,3)21-15-17-11-7-9-13-19(17)23(25(21)29)24-20-14-10-8-12-18(20)16-22(26(24)30)28(4,5)6;/h15-16,29-30H,7-14H2,1-6H3;. The third-order valence-electron chi connectivity index (χ3n) is 7.11. The molecule has 31 heavy (non-hydrogen) atoms. The summed E-state index contributed by atoms with van der Waals surface area (Å²) in [6.07, 6.45) is 8.79. The van der Waals surface area contributed by atoms with Gasteiger partial charge in [-0.2, -0.15) is 0 Å². The molecule has 0 amide bonds. The first-order valence-electron chi connectivity index (χ1n) is 11.8. The van der Waals surface area contributed by atoms with Crippen LogP contribution < -0.4 is 0 Å². The minimum Gasteiger partial charge on any atom is -0.507 e. The van der Waals surface area contributed by atoms with Gasteiger partial charge in [0, 0.05) is 43.3 Å². The van der Waals surface area contributed by atoms with Crippen LogP contribution in [0.15, 0.2) is 12.1 Å². The molecule has 0 unspecified atom stereocenters. The molecule has 0 spiro atoms. The van der Waals surface area contributed by atoms with Crippen LogP contribution in [0.4, 0.5) is 0 Å². The third-order valence-corrected chi connectivity index (χ3v) is 7.11. The minimum absolute atomic E-state index is 0. The van der Waals surface area contributed by atoms with Crippen LogP contribution in [-0.4, -0.2) is 10.2 Å². The van der Waals surface area contributed by atoms with Crippen molar-refractivity contribution in [3.63, 3.8) is 0 Å². The van der Waals surface area contributed by atoms with Crippen molar-refractivity contribution in [1.82, 2.24) is 0 Å². The number of aryl methyl sites for hydroxylation is 2. The van der Waals surface area contributed by atoms with Crippen LogP contribution in [0.3, 0.4) is 0 Å². The zero-order chi connectivity index (χ0) is 21.8. The van der Waals surface area contributed by atoms with E-state index in [0.29, 0.717) is 11.5 Å². The van der Waals surface area contributed by atoms with Crippen LogP contribution in [0, 0.1) is 0 Å². The number of hydrogen-bond donors (Lipinski definition) is 2. The Hall–Kier alpha value is -1.27. The average Bonchev–Trinajstić information content (AvgIpc) is 2.66. The van der Waals surface area contributed by atoms with Gasteiger partial charge in [-0.15, -0.1) is 0 Å². The van der Waals surface area contributed by atoms with Crippen LogP contribution >= 0.6 is 0 Å². The van der Waals surface area contributed by atoms with E-state index in [1.165, 1.54) is 35.1 Å². The van der Waals surface area contributed by atoms with Gasteiger partial charge in [0.15, 0.2) is 0 Å². The monoisotopic (exact) mass is 504 g/mol. The van der Waals surface area contributed by atoms with E-state index in [2.05, 4.69) is 53.7 Å². The Balaban J connectivity index is 0.00000272. The molecule has 168 valence electrons. The first-order chi connectivity index (χ1) is 14.0. The van der Waals surface area contributed by atoms with Gasteiger partial charge in [0.25, 0.3) is 0 Å². The second-order valence-electron chi connectivity index (χ2n) is 11.5. The molecule has 2 aromatic rings. The number of benzene rings is 2. The molecule has 0 bridgehead atoms. The number of phenols is 2. The van der Waals surface area contributed by atoms with Gasteiger partial charge in [-0.1, -0.05) is 53.7 Å². The van der Waals surface area contributed by atoms with E-state index in [1.54, 1.807) is 0 Å². The maximum absolute atomic E-state index is 11.6. The Morgan fingerprint density at radius 2 is 0.903 bits per heavy atom. The molecule has 0 aliphatic heterocycles. The number of rotatable bonds is 1. The van der Waals surface area contributed by atoms with E-state index in [1.807, 2.05) is 0 Å². The Bertz CT molecular complexity index is 909. The smallest absolute Gasteiger partial charge is 0.127 e. The third kappa shape index (κ3) is 4.34. The van der Waals surface area contributed by atoms with E-state index in [9.17, 15) is 10.2 Å². The molecule has 2 N–H and O–H groups in total. The van der Waals surface area contributed by atoms with E-state index in [-0.39, 0.29) is 31.9 Å². The van der Waals surface area contributed by atoms with E-state index in [4.69, 9.17) is 0 Å². The molecule has 4 rings (SSSR count). The molecule has 3 heteroatoms. The quantitative estimate of drug-likeness (QED) is 0.408. The van der Waals surface area contributed by atoms with Gasteiger partial charge in [-0.05, 0) is 84.5 Å². The van der Waals surface area contributed by atoms with Gasteiger partial charge in [-0.3, -0.25) is 0 Å². The van der Waals surface area contributed by atoms with Gasteiger partial charge in [-0.25, -0.2) is 0 Å². The number of fused-ring (bicyclic) bond motifs is 2. The van der Waals surface area contributed by atoms with Crippen molar-refractivity contribution < 1.29 is 31.3 Å². The predicted molar refractivity (Wildman–Crippen MR) is 126 cm³/mol. The first kappa shape index (κ1) is 24.4. The molecular formula is C28H38MoO2. The summed E-state index contributed by atoms with van der Waals surface area (Å²) in [7, 11) is 0. The molecule has 2 aliphatic carbocycles. The SMILES string of the molecule is CC(C)(C)c1cc2c(c(-c3c(O)c(C(C)(C)C)cc4c3CCCC4)c1O)CCCC2.[Mo]. The second kappa shape index (κ2) is 8.58. The molecule has 0 aromatic heterocycles. The van der Waals surface area contributed by atoms with E-state index < -0.39 is 0 Å². The summed E-state index contributed by atoms with van der Waals surface area (Å²) in [4.78, 5) is 0. The fourth-order valence-electron chi connectivity index (χ4n) is 5.47. The molecule has 2 aliphatic rings. The molecule has 0 fully saturated rings. The van der Waals surface area contributed by atoms with Crippen LogP contribution in [0.5, 0.6) is 11.5 Å². The van der Waals surface area contributed by atoms with Crippen molar-refractivity contribution in [2.45, 2.75) is 104 Å². The summed E-state index contributed by atoms with van der Waals surface area (Å²) in [6.45, 7) is 13.0. The van der Waals surface area contributed by atoms with E-state index >= 15 is 0 Å².